The van der Waals surface area contributed by atoms with Crippen molar-refractivity contribution in [2.24, 2.45) is 0 Å². The van der Waals surface area contributed by atoms with E-state index in [-0.39, 0.29) is 24.5 Å². The number of aromatic nitrogens is 2. The molecule has 1 aliphatic heterocycles. The molecular formula is C23H31N5O4. The Labute approximate surface area is 188 Å². The van der Waals surface area contributed by atoms with E-state index in [2.05, 4.69) is 5.10 Å². The summed E-state index contributed by atoms with van der Waals surface area (Å²) in [5.41, 5.74) is 0.969. The monoisotopic (exact) mass is 441 g/mol. The summed E-state index contributed by atoms with van der Waals surface area (Å²) >= 11 is 0. The third-order valence-electron chi connectivity index (χ3n) is 5.07. The molecule has 0 radical (unpaired) electrons. The van der Waals surface area contributed by atoms with Crippen LogP contribution in [0.2, 0.25) is 0 Å². The quantitative estimate of drug-likeness (QED) is 0.709. The van der Waals surface area contributed by atoms with Gasteiger partial charge in [-0.3, -0.25) is 14.3 Å². The predicted octanol–water partition coefficient (Wildman–Crippen LogP) is 2.08. The number of likely N-dealkylation sites (N-methyl/N-ethyl adjacent to an activating group) is 1. The normalized spacial score (nSPS) is 14.2. The largest absolute Gasteiger partial charge is 0.444 e. The van der Waals surface area contributed by atoms with Gasteiger partial charge in [-0.25, -0.2) is 4.79 Å². The summed E-state index contributed by atoms with van der Waals surface area (Å²) in [5.74, 6) is -0.411. The fourth-order valence-electron chi connectivity index (χ4n) is 3.39. The van der Waals surface area contributed by atoms with Crippen LogP contribution < -0.4 is 0 Å². The van der Waals surface area contributed by atoms with Gasteiger partial charge < -0.3 is 19.4 Å². The SMILES string of the molecule is CN(CC(=O)N1CCN(C(=O)OC(C)(C)C)CC1)C(=O)c1cnn(Cc2ccccc2)c1. The van der Waals surface area contributed by atoms with Crippen LogP contribution in [0, 0.1) is 0 Å². The smallest absolute Gasteiger partial charge is 0.410 e. The number of ether oxygens (including phenoxy) is 1. The van der Waals surface area contributed by atoms with Crippen LogP contribution >= 0.6 is 0 Å². The Balaban J connectivity index is 1.48. The summed E-state index contributed by atoms with van der Waals surface area (Å²) in [5, 5.41) is 4.26. The van der Waals surface area contributed by atoms with Gasteiger partial charge in [0.25, 0.3) is 5.91 Å². The van der Waals surface area contributed by atoms with E-state index in [0.717, 1.165) is 5.56 Å². The maximum absolute atomic E-state index is 12.7. The fraction of sp³-hybridized carbons (Fsp3) is 0.478. The first-order chi connectivity index (χ1) is 15.1. The third kappa shape index (κ3) is 6.32. The molecule has 9 heteroatoms. The molecule has 172 valence electrons. The van der Waals surface area contributed by atoms with Crippen LogP contribution in [0.4, 0.5) is 4.79 Å². The number of nitrogens with zero attached hydrogens (tertiary/aromatic N) is 5. The van der Waals surface area contributed by atoms with Crippen LogP contribution in [0.15, 0.2) is 42.7 Å². The van der Waals surface area contributed by atoms with Gasteiger partial charge in [-0.2, -0.15) is 5.10 Å². The maximum atomic E-state index is 12.7. The van der Waals surface area contributed by atoms with Crippen molar-refractivity contribution in [3.05, 3.63) is 53.9 Å². The summed E-state index contributed by atoms with van der Waals surface area (Å²) in [6.45, 7) is 7.64. The average Bonchev–Trinajstić information content (AvgIpc) is 3.21. The molecule has 9 nitrogen and oxygen atoms in total. The number of piperazine rings is 1. The van der Waals surface area contributed by atoms with Gasteiger partial charge in [-0.1, -0.05) is 30.3 Å². The van der Waals surface area contributed by atoms with Gasteiger partial charge in [-0.15, -0.1) is 0 Å². The lowest BCUT2D eigenvalue weighted by Gasteiger charge is -2.36. The maximum Gasteiger partial charge on any atom is 0.410 e. The first kappa shape index (κ1) is 23.3. The number of hydrogen-bond donors (Lipinski definition) is 0. The van der Waals surface area contributed by atoms with Crippen LogP contribution in [-0.2, 0) is 16.1 Å². The van der Waals surface area contributed by atoms with Crippen molar-refractivity contribution >= 4 is 17.9 Å². The number of carbonyl (C=O) groups is 3. The summed E-state index contributed by atoms with van der Waals surface area (Å²) in [7, 11) is 1.60. The lowest BCUT2D eigenvalue weighted by atomic mass is 10.2. The molecule has 0 saturated carbocycles. The minimum absolute atomic E-state index is 0.0326. The molecule has 0 atom stereocenters. The van der Waals surface area contributed by atoms with Crippen molar-refractivity contribution in [1.29, 1.82) is 0 Å². The molecule has 2 heterocycles. The first-order valence-corrected chi connectivity index (χ1v) is 10.7. The fourth-order valence-corrected chi connectivity index (χ4v) is 3.39. The number of rotatable bonds is 5. The van der Waals surface area contributed by atoms with E-state index in [1.54, 1.807) is 27.7 Å². The molecule has 0 N–H and O–H groups in total. The van der Waals surface area contributed by atoms with Crippen LogP contribution in [0.5, 0.6) is 0 Å². The summed E-state index contributed by atoms with van der Waals surface area (Å²) in [6, 6.07) is 9.85. The van der Waals surface area contributed by atoms with Crippen molar-refractivity contribution in [2.75, 3.05) is 39.8 Å². The van der Waals surface area contributed by atoms with Crippen molar-refractivity contribution in [1.82, 2.24) is 24.5 Å². The Morgan fingerprint density at radius 2 is 1.66 bits per heavy atom. The standard InChI is InChI=1S/C23H31N5O4/c1-23(2,3)32-22(31)27-12-10-26(11-13-27)20(29)17-25(4)21(30)19-14-24-28(16-19)15-18-8-6-5-7-9-18/h5-9,14,16H,10-13,15,17H2,1-4H3. The Morgan fingerprint density at radius 3 is 2.28 bits per heavy atom. The minimum Gasteiger partial charge on any atom is -0.444 e. The Bertz CT molecular complexity index is 943. The van der Waals surface area contributed by atoms with E-state index in [9.17, 15) is 14.4 Å². The van der Waals surface area contributed by atoms with E-state index in [4.69, 9.17) is 4.74 Å². The molecule has 3 rings (SSSR count). The second-order valence-corrected chi connectivity index (χ2v) is 8.92. The molecule has 1 aromatic carbocycles. The van der Waals surface area contributed by atoms with E-state index in [0.29, 0.717) is 38.3 Å². The Hall–Kier alpha value is -3.36. The van der Waals surface area contributed by atoms with Crippen LogP contribution in [-0.4, -0.2) is 87.8 Å². The molecular weight excluding hydrogens is 410 g/mol. The summed E-state index contributed by atoms with van der Waals surface area (Å²) in [4.78, 5) is 42.2. The molecule has 0 aliphatic carbocycles. The molecule has 1 aliphatic rings. The zero-order valence-electron chi connectivity index (χ0n) is 19.2. The molecule has 1 saturated heterocycles. The number of hydrogen-bond acceptors (Lipinski definition) is 5. The molecule has 0 spiro atoms. The highest BCUT2D eigenvalue weighted by atomic mass is 16.6. The molecule has 0 bridgehead atoms. The van der Waals surface area contributed by atoms with E-state index < -0.39 is 5.60 Å². The molecule has 2 aromatic rings. The molecule has 0 unspecified atom stereocenters. The first-order valence-electron chi connectivity index (χ1n) is 10.7. The number of benzene rings is 1. The minimum atomic E-state index is -0.554. The van der Waals surface area contributed by atoms with Gasteiger partial charge in [0.15, 0.2) is 0 Å². The third-order valence-corrected chi connectivity index (χ3v) is 5.07. The number of carbonyl (C=O) groups excluding carboxylic acids is 3. The van der Waals surface area contributed by atoms with Crippen LogP contribution in [0.1, 0.15) is 36.7 Å². The van der Waals surface area contributed by atoms with Crippen molar-refractivity contribution < 1.29 is 19.1 Å². The molecule has 1 fully saturated rings. The van der Waals surface area contributed by atoms with Gasteiger partial charge in [0, 0.05) is 39.4 Å². The Kier molecular flexibility index (Phi) is 7.17. The van der Waals surface area contributed by atoms with Crippen molar-refractivity contribution in [2.45, 2.75) is 32.9 Å². The van der Waals surface area contributed by atoms with E-state index >= 15 is 0 Å². The van der Waals surface area contributed by atoms with Crippen LogP contribution in [0.3, 0.4) is 0 Å². The summed E-state index contributed by atoms with van der Waals surface area (Å²) in [6.07, 6.45) is 2.84. The lowest BCUT2D eigenvalue weighted by Crippen LogP contribution is -2.53. The second kappa shape index (κ2) is 9.84. The molecule has 1 aromatic heterocycles. The highest BCUT2D eigenvalue weighted by molar-refractivity contribution is 5.96. The van der Waals surface area contributed by atoms with Gasteiger partial charge in [-0.05, 0) is 26.3 Å². The Morgan fingerprint density at radius 1 is 1.03 bits per heavy atom. The highest BCUT2D eigenvalue weighted by Gasteiger charge is 2.28. The van der Waals surface area contributed by atoms with Crippen LogP contribution in [0.25, 0.3) is 0 Å². The van der Waals surface area contributed by atoms with E-state index in [1.165, 1.54) is 11.1 Å². The van der Waals surface area contributed by atoms with E-state index in [1.807, 2.05) is 51.1 Å². The average molecular weight is 442 g/mol. The van der Waals surface area contributed by atoms with Gasteiger partial charge in [0.2, 0.25) is 5.91 Å². The topological polar surface area (TPSA) is 88.0 Å². The van der Waals surface area contributed by atoms with Gasteiger partial charge in [0.05, 0.1) is 24.8 Å². The predicted molar refractivity (Wildman–Crippen MR) is 119 cm³/mol. The van der Waals surface area contributed by atoms with Crippen molar-refractivity contribution in [3.8, 4) is 0 Å². The van der Waals surface area contributed by atoms with Crippen molar-refractivity contribution in [3.63, 3.8) is 0 Å². The molecule has 32 heavy (non-hydrogen) atoms. The second-order valence-electron chi connectivity index (χ2n) is 8.92. The highest BCUT2D eigenvalue weighted by Crippen LogP contribution is 2.12. The number of amides is 3. The molecule has 3 amide bonds. The zero-order valence-corrected chi connectivity index (χ0v) is 19.2. The summed E-state index contributed by atoms with van der Waals surface area (Å²) < 4.78 is 7.08. The zero-order chi connectivity index (χ0) is 23.3. The van der Waals surface area contributed by atoms with Gasteiger partial charge in [0.1, 0.15) is 5.60 Å². The van der Waals surface area contributed by atoms with Gasteiger partial charge >= 0.3 is 6.09 Å². The lowest BCUT2D eigenvalue weighted by molar-refractivity contribution is -0.133.